The van der Waals surface area contributed by atoms with Crippen LogP contribution in [-0.2, 0) is 19.4 Å². The van der Waals surface area contributed by atoms with Crippen LogP contribution in [0.2, 0.25) is 0 Å². The fraction of sp³-hybridized carbons (Fsp3) is 0.500. The number of aromatic nitrogens is 2. The van der Waals surface area contributed by atoms with E-state index in [4.69, 9.17) is 0 Å². The van der Waals surface area contributed by atoms with Gasteiger partial charge in [0.25, 0.3) is 5.56 Å². The van der Waals surface area contributed by atoms with E-state index >= 15 is 0 Å². The first kappa shape index (κ1) is 16.8. The number of rotatable bonds is 3. The summed E-state index contributed by atoms with van der Waals surface area (Å²) in [6.45, 7) is 0.543. The Bertz CT molecular complexity index is 890. The first-order chi connectivity index (χ1) is 12.1. The Morgan fingerprint density at radius 1 is 0.960 bits per heavy atom. The van der Waals surface area contributed by atoms with Crippen LogP contribution in [-0.4, -0.2) is 9.13 Å². The van der Waals surface area contributed by atoms with Gasteiger partial charge in [-0.05, 0) is 49.8 Å². The molecule has 1 heterocycles. The molecule has 132 valence electrons. The minimum absolute atomic E-state index is 0.0172. The molecule has 25 heavy (non-hydrogen) atoms. The molecule has 5 heteroatoms. The van der Waals surface area contributed by atoms with Gasteiger partial charge in [0.2, 0.25) is 0 Å². The molecule has 4 nitrogen and oxygen atoms in total. The summed E-state index contributed by atoms with van der Waals surface area (Å²) in [5.74, 6) is 0. The van der Waals surface area contributed by atoms with Gasteiger partial charge in [-0.25, -0.2) is 4.79 Å². The van der Waals surface area contributed by atoms with Crippen molar-refractivity contribution in [2.45, 2.75) is 64.0 Å². The molecule has 4 rings (SSSR count). The summed E-state index contributed by atoms with van der Waals surface area (Å²) in [7, 11) is 0. The second-order valence-corrected chi connectivity index (χ2v) is 8.16. The van der Waals surface area contributed by atoms with Crippen LogP contribution in [0.1, 0.15) is 61.4 Å². The molecule has 0 spiro atoms. The van der Waals surface area contributed by atoms with E-state index in [1.54, 1.807) is 4.57 Å². The van der Waals surface area contributed by atoms with E-state index in [1.165, 1.54) is 6.42 Å². The topological polar surface area (TPSA) is 44.0 Å². The van der Waals surface area contributed by atoms with Crippen molar-refractivity contribution in [1.82, 2.24) is 9.13 Å². The molecular weight excluding hydrogens is 380 g/mol. The minimum atomic E-state index is -0.111. The van der Waals surface area contributed by atoms with E-state index in [1.807, 2.05) is 28.8 Å². The molecule has 1 fully saturated rings. The lowest BCUT2D eigenvalue weighted by molar-refractivity contribution is 0.328. The Balaban J connectivity index is 1.82. The van der Waals surface area contributed by atoms with Gasteiger partial charge in [0.1, 0.15) is 0 Å². The molecule has 0 atom stereocenters. The zero-order valence-electron chi connectivity index (χ0n) is 14.3. The first-order valence-electron chi connectivity index (χ1n) is 9.26. The molecule has 1 aromatic heterocycles. The van der Waals surface area contributed by atoms with Crippen LogP contribution < -0.4 is 11.2 Å². The minimum Gasteiger partial charge on any atom is -0.293 e. The van der Waals surface area contributed by atoms with Gasteiger partial charge >= 0.3 is 5.69 Å². The van der Waals surface area contributed by atoms with Crippen molar-refractivity contribution in [1.29, 1.82) is 0 Å². The number of halogens is 1. The molecule has 2 aliphatic carbocycles. The highest BCUT2D eigenvalue weighted by atomic mass is 79.9. The summed E-state index contributed by atoms with van der Waals surface area (Å²) in [6, 6.07) is 8.15. The van der Waals surface area contributed by atoms with E-state index in [9.17, 15) is 9.59 Å². The molecule has 1 saturated carbocycles. The van der Waals surface area contributed by atoms with Crippen LogP contribution in [0.4, 0.5) is 0 Å². The average Bonchev–Trinajstić information content (AvgIpc) is 3.11. The van der Waals surface area contributed by atoms with Crippen molar-refractivity contribution in [2.75, 3.05) is 0 Å². The Morgan fingerprint density at radius 3 is 2.40 bits per heavy atom. The lowest BCUT2D eigenvalue weighted by atomic mass is 9.95. The Labute approximate surface area is 155 Å². The quantitative estimate of drug-likeness (QED) is 0.782. The number of fused-ring (bicyclic) bond motifs is 1. The van der Waals surface area contributed by atoms with Crippen LogP contribution in [0.5, 0.6) is 0 Å². The Morgan fingerprint density at radius 2 is 1.68 bits per heavy atom. The van der Waals surface area contributed by atoms with Gasteiger partial charge < -0.3 is 0 Å². The lowest BCUT2D eigenvalue weighted by Crippen LogP contribution is -2.45. The van der Waals surface area contributed by atoms with Crippen molar-refractivity contribution in [2.24, 2.45) is 0 Å². The summed E-state index contributed by atoms with van der Waals surface area (Å²) < 4.78 is 4.48. The largest absolute Gasteiger partial charge is 0.331 e. The van der Waals surface area contributed by atoms with E-state index in [0.717, 1.165) is 66.2 Å². The first-order valence-corrected chi connectivity index (χ1v) is 10.1. The Kier molecular flexibility index (Phi) is 4.67. The van der Waals surface area contributed by atoms with Crippen LogP contribution in [0.25, 0.3) is 0 Å². The molecule has 0 bridgehead atoms. The molecule has 0 N–H and O–H groups in total. The lowest BCUT2D eigenvalue weighted by Gasteiger charge is -2.25. The predicted octanol–water partition coefficient (Wildman–Crippen LogP) is 3.81. The van der Waals surface area contributed by atoms with Gasteiger partial charge in [-0.1, -0.05) is 47.3 Å². The predicted molar refractivity (Wildman–Crippen MR) is 102 cm³/mol. The van der Waals surface area contributed by atoms with Crippen molar-refractivity contribution in [3.63, 3.8) is 0 Å². The average molecular weight is 403 g/mol. The number of hydrogen-bond donors (Lipinski definition) is 0. The van der Waals surface area contributed by atoms with Crippen LogP contribution in [0, 0.1) is 0 Å². The van der Waals surface area contributed by atoms with Gasteiger partial charge in [-0.2, -0.15) is 0 Å². The van der Waals surface area contributed by atoms with Crippen molar-refractivity contribution >= 4 is 15.9 Å². The third kappa shape index (κ3) is 3.14. The van der Waals surface area contributed by atoms with E-state index in [-0.39, 0.29) is 17.3 Å². The Hall–Kier alpha value is -1.62. The molecule has 0 radical (unpaired) electrons. The smallest absolute Gasteiger partial charge is 0.293 e. The maximum Gasteiger partial charge on any atom is 0.331 e. The van der Waals surface area contributed by atoms with Gasteiger partial charge in [0.15, 0.2) is 0 Å². The van der Waals surface area contributed by atoms with Crippen LogP contribution >= 0.6 is 15.9 Å². The third-order valence-electron chi connectivity index (χ3n) is 5.62. The van der Waals surface area contributed by atoms with E-state index < -0.39 is 0 Å². The maximum atomic E-state index is 13.2. The fourth-order valence-electron chi connectivity index (χ4n) is 4.33. The third-order valence-corrected chi connectivity index (χ3v) is 6.15. The summed E-state index contributed by atoms with van der Waals surface area (Å²) in [4.78, 5) is 26.2. The highest BCUT2D eigenvalue weighted by Gasteiger charge is 2.27. The van der Waals surface area contributed by atoms with Crippen LogP contribution in [0.15, 0.2) is 38.3 Å². The monoisotopic (exact) mass is 402 g/mol. The number of nitrogens with zero attached hydrogens (tertiary/aromatic N) is 2. The SMILES string of the molecule is O=c1c2c(n(Cc3ccc(Br)cc3)c(=O)n1C1CCCCC1)CCC2. The summed E-state index contributed by atoms with van der Waals surface area (Å²) >= 11 is 3.45. The van der Waals surface area contributed by atoms with Crippen LogP contribution in [0.3, 0.4) is 0 Å². The number of benzene rings is 1. The number of hydrogen-bond acceptors (Lipinski definition) is 2. The maximum absolute atomic E-state index is 13.2. The summed E-state index contributed by atoms with van der Waals surface area (Å²) in [5.41, 5.74) is 2.80. The fourth-order valence-corrected chi connectivity index (χ4v) is 4.59. The van der Waals surface area contributed by atoms with E-state index in [0.29, 0.717) is 6.54 Å². The summed E-state index contributed by atoms with van der Waals surface area (Å²) in [5, 5.41) is 0. The van der Waals surface area contributed by atoms with E-state index in [2.05, 4.69) is 15.9 Å². The normalized spacial score (nSPS) is 17.6. The molecule has 0 unspecified atom stereocenters. The zero-order chi connectivity index (χ0) is 17.4. The molecule has 0 saturated heterocycles. The van der Waals surface area contributed by atoms with Gasteiger partial charge in [-0.15, -0.1) is 0 Å². The van der Waals surface area contributed by atoms with Gasteiger partial charge in [0.05, 0.1) is 6.54 Å². The molecule has 2 aliphatic rings. The van der Waals surface area contributed by atoms with Gasteiger partial charge in [0, 0.05) is 21.8 Å². The van der Waals surface area contributed by atoms with Gasteiger partial charge in [-0.3, -0.25) is 13.9 Å². The van der Waals surface area contributed by atoms with Crippen molar-refractivity contribution < 1.29 is 0 Å². The van der Waals surface area contributed by atoms with Crippen molar-refractivity contribution in [3.8, 4) is 0 Å². The molecule has 0 amide bonds. The van der Waals surface area contributed by atoms with Crippen molar-refractivity contribution in [3.05, 3.63) is 66.4 Å². The molecule has 2 aromatic rings. The standard InChI is InChI=1S/C20H23BrN2O2/c21-15-11-9-14(10-12-15)13-22-18-8-4-7-17(18)19(24)23(20(22)25)16-5-2-1-3-6-16/h9-12,16H,1-8,13H2. The summed E-state index contributed by atoms with van der Waals surface area (Å²) in [6.07, 6.45) is 7.95. The second kappa shape index (κ2) is 6.94. The molecule has 0 aliphatic heterocycles. The second-order valence-electron chi connectivity index (χ2n) is 7.24. The highest BCUT2D eigenvalue weighted by molar-refractivity contribution is 9.10. The highest BCUT2D eigenvalue weighted by Crippen LogP contribution is 2.27. The zero-order valence-corrected chi connectivity index (χ0v) is 15.9. The molecule has 1 aromatic carbocycles. The molecular formula is C20H23BrN2O2.